The van der Waals surface area contributed by atoms with E-state index in [0.29, 0.717) is 29.7 Å². The number of methoxy groups -OCH3 is 1. The number of hydrogen-bond acceptors (Lipinski definition) is 10. The lowest BCUT2D eigenvalue weighted by Crippen LogP contribution is -2.63. The Bertz CT molecular complexity index is 1520. The highest BCUT2D eigenvalue weighted by atomic mass is 19.3. The topological polar surface area (TPSA) is 154 Å². The van der Waals surface area contributed by atoms with Crippen LogP contribution in [-0.2, 0) is 6.54 Å². The van der Waals surface area contributed by atoms with Crippen LogP contribution in [-0.4, -0.2) is 73.1 Å². The molecule has 1 fully saturated rings. The van der Waals surface area contributed by atoms with Crippen LogP contribution in [0.1, 0.15) is 18.4 Å². The number of aromatic nitrogens is 6. The molecule has 11 nitrogen and oxygen atoms in total. The maximum Gasteiger partial charge on any atom is 0.265 e. The first-order chi connectivity index (χ1) is 18.6. The summed E-state index contributed by atoms with van der Waals surface area (Å²) in [5.74, 6) is -1.40. The Balaban J connectivity index is 1.60. The molecule has 0 aliphatic carbocycles. The number of fused-ring (bicyclic) bond motifs is 1. The van der Waals surface area contributed by atoms with Crippen LogP contribution >= 0.6 is 0 Å². The number of halogens is 4. The zero-order valence-corrected chi connectivity index (χ0v) is 20.7. The fourth-order valence-electron chi connectivity index (χ4n) is 4.80. The molecule has 2 atom stereocenters. The Morgan fingerprint density at radius 1 is 1.13 bits per heavy atom. The van der Waals surface area contributed by atoms with Crippen LogP contribution in [0.3, 0.4) is 0 Å². The van der Waals surface area contributed by atoms with Gasteiger partial charge < -0.3 is 30.8 Å². The van der Waals surface area contributed by atoms with Crippen LogP contribution in [0.25, 0.3) is 22.4 Å². The molecule has 1 aromatic carbocycles. The zero-order valence-electron chi connectivity index (χ0n) is 20.7. The van der Waals surface area contributed by atoms with Gasteiger partial charge in [-0.2, -0.15) is 0 Å². The smallest absolute Gasteiger partial charge is 0.265 e. The molecule has 0 saturated carbocycles. The molecular formula is C24H25F4N9O2. The van der Waals surface area contributed by atoms with Crippen molar-refractivity contribution in [1.29, 1.82) is 0 Å². The summed E-state index contributed by atoms with van der Waals surface area (Å²) in [5, 5.41) is 18.5. The van der Waals surface area contributed by atoms with Crippen molar-refractivity contribution >= 4 is 22.8 Å². The molecule has 15 heteroatoms. The predicted octanol–water partition coefficient (Wildman–Crippen LogP) is 2.12. The lowest BCUT2D eigenvalue weighted by Gasteiger charge is -2.43. The molecule has 1 saturated heterocycles. The molecule has 1 aliphatic rings. The SMILES string of the molecule is COc1cc(F)c(-c2cc(Cn3cnc4c(N)ncnc43)c(N3CCCC(N)(C(O)C(F)F)C3)nn2)cc1F. The van der Waals surface area contributed by atoms with Gasteiger partial charge in [0.1, 0.15) is 23.8 Å². The van der Waals surface area contributed by atoms with Crippen LogP contribution < -0.4 is 21.1 Å². The van der Waals surface area contributed by atoms with Crippen molar-refractivity contribution in [1.82, 2.24) is 29.7 Å². The molecule has 0 radical (unpaired) electrons. The maximum atomic E-state index is 14.9. The molecule has 0 amide bonds. The highest BCUT2D eigenvalue weighted by Crippen LogP contribution is 2.33. The van der Waals surface area contributed by atoms with Crippen molar-refractivity contribution < 1.29 is 27.4 Å². The number of anilines is 2. The van der Waals surface area contributed by atoms with Crippen molar-refractivity contribution in [2.24, 2.45) is 5.73 Å². The van der Waals surface area contributed by atoms with E-state index >= 15 is 0 Å². The molecule has 5 rings (SSSR count). The van der Waals surface area contributed by atoms with E-state index in [2.05, 4.69) is 25.1 Å². The Morgan fingerprint density at radius 2 is 1.92 bits per heavy atom. The van der Waals surface area contributed by atoms with Crippen molar-refractivity contribution in [3.8, 4) is 17.0 Å². The van der Waals surface area contributed by atoms with Gasteiger partial charge in [0.05, 0.1) is 31.2 Å². The van der Waals surface area contributed by atoms with Gasteiger partial charge in [-0.15, -0.1) is 10.2 Å². The molecule has 4 aromatic rings. The van der Waals surface area contributed by atoms with Gasteiger partial charge in [0.15, 0.2) is 28.8 Å². The fourth-order valence-corrected chi connectivity index (χ4v) is 4.80. The number of ether oxygens (including phenoxy) is 1. The molecule has 0 bridgehead atoms. The Hall–Kier alpha value is -4.11. The predicted molar refractivity (Wildman–Crippen MR) is 133 cm³/mol. The third-order valence-corrected chi connectivity index (χ3v) is 6.82. The van der Waals surface area contributed by atoms with Gasteiger partial charge in [-0.1, -0.05) is 0 Å². The van der Waals surface area contributed by atoms with Gasteiger partial charge in [0, 0.05) is 30.3 Å². The number of alkyl halides is 2. The highest BCUT2D eigenvalue weighted by molar-refractivity contribution is 5.81. The molecule has 0 spiro atoms. The summed E-state index contributed by atoms with van der Waals surface area (Å²) in [6.07, 6.45) is -1.74. The van der Waals surface area contributed by atoms with Crippen molar-refractivity contribution in [3.05, 3.63) is 48.1 Å². The maximum absolute atomic E-state index is 14.9. The van der Waals surface area contributed by atoms with E-state index < -0.39 is 29.7 Å². The second kappa shape index (κ2) is 10.2. The van der Waals surface area contributed by atoms with Crippen LogP contribution in [0.15, 0.2) is 30.9 Å². The number of aliphatic hydroxyl groups excluding tert-OH is 1. The third-order valence-electron chi connectivity index (χ3n) is 6.82. The van der Waals surface area contributed by atoms with Crippen molar-refractivity contribution in [2.45, 2.75) is 37.5 Å². The lowest BCUT2D eigenvalue weighted by atomic mass is 9.84. The number of nitrogen functional groups attached to an aromatic ring is 1. The number of benzene rings is 1. The van der Waals surface area contributed by atoms with Gasteiger partial charge in [-0.25, -0.2) is 32.5 Å². The van der Waals surface area contributed by atoms with Gasteiger partial charge in [-0.05, 0) is 25.0 Å². The molecule has 39 heavy (non-hydrogen) atoms. The number of hydrogen-bond donors (Lipinski definition) is 3. The Kier molecular flexibility index (Phi) is 6.94. The second-order valence-electron chi connectivity index (χ2n) is 9.39. The summed E-state index contributed by atoms with van der Waals surface area (Å²) in [6, 6.07) is 3.37. The van der Waals surface area contributed by atoms with E-state index in [4.69, 9.17) is 16.2 Å². The van der Waals surface area contributed by atoms with Gasteiger partial charge >= 0.3 is 0 Å². The monoisotopic (exact) mass is 547 g/mol. The average molecular weight is 548 g/mol. The quantitative estimate of drug-likeness (QED) is 0.293. The van der Waals surface area contributed by atoms with E-state index in [-0.39, 0.29) is 48.2 Å². The molecule has 3 aromatic heterocycles. The number of nitrogens with two attached hydrogens (primary N) is 2. The highest BCUT2D eigenvalue weighted by Gasteiger charge is 2.43. The molecule has 2 unspecified atom stereocenters. The van der Waals surface area contributed by atoms with Gasteiger partial charge in [0.2, 0.25) is 0 Å². The zero-order chi connectivity index (χ0) is 27.9. The number of nitrogens with zero attached hydrogens (tertiary/aromatic N) is 7. The van der Waals surface area contributed by atoms with Gasteiger partial charge in [-0.3, -0.25) is 0 Å². The minimum atomic E-state index is -3.03. The number of aliphatic hydroxyl groups is 1. The van der Waals surface area contributed by atoms with E-state index in [1.165, 1.54) is 25.8 Å². The summed E-state index contributed by atoms with van der Waals surface area (Å²) in [7, 11) is 1.22. The first kappa shape index (κ1) is 26.5. The van der Waals surface area contributed by atoms with E-state index in [1.807, 2.05) is 0 Å². The number of piperidine rings is 1. The van der Waals surface area contributed by atoms with Crippen molar-refractivity contribution in [3.63, 3.8) is 0 Å². The Morgan fingerprint density at radius 3 is 2.67 bits per heavy atom. The Labute approximate surface area is 219 Å². The van der Waals surface area contributed by atoms with E-state index in [0.717, 1.165) is 12.1 Å². The molecule has 206 valence electrons. The van der Waals surface area contributed by atoms with Crippen molar-refractivity contribution in [2.75, 3.05) is 30.8 Å². The minimum Gasteiger partial charge on any atom is -0.494 e. The third kappa shape index (κ3) is 4.90. The van der Waals surface area contributed by atoms with E-state index in [1.54, 1.807) is 9.47 Å². The normalized spacial score (nSPS) is 18.6. The second-order valence-corrected chi connectivity index (χ2v) is 9.39. The lowest BCUT2D eigenvalue weighted by molar-refractivity contribution is -0.0530. The summed E-state index contributed by atoms with van der Waals surface area (Å²) in [4.78, 5) is 14.1. The number of imidazole rings is 1. The van der Waals surface area contributed by atoms with Crippen LogP contribution in [0.5, 0.6) is 5.75 Å². The molecule has 1 aliphatic heterocycles. The van der Waals surface area contributed by atoms with Crippen LogP contribution in [0.4, 0.5) is 29.2 Å². The number of rotatable bonds is 7. The standard InChI is InChI=1S/C24H25F4N9O2/c1-39-17-7-14(25)13(6-15(17)26)16-5-12(8-37-11-33-18-21(29)31-10-32-23(18)37)22(35-34-16)36-4-2-3-24(30,9-36)19(38)20(27)28/h5-7,10-11,19-20,38H,2-4,8-9,30H2,1H3,(H2,29,31,32). The molecule has 5 N–H and O–H groups in total. The van der Waals surface area contributed by atoms with Crippen LogP contribution in [0, 0.1) is 11.6 Å². The first-order valence-electron chi connectivity index (χ1n) is 11.9. The summed E-state index contributed by atoms with van der Waals surface area (Å²) in [5.41, 5.74) is 11.6. The van der Waals surface area contributed by atoms with E-state index in [9.17, 15) is 22.7 Å². The summed E-state index contributed by atoms with van der Waals surface area (Å²) in [6.45, 7) is 0.336. The summed E-state index contributed by atoms with van der Waals surface area (Å²) < 4.78 is 62.6. The first-order valence-corrected chi connectivity index (χ1v) is 11.9. The fraction of sp³-hybridized carbons (Fsp3) is 0.375. The van der Waals surface area contributed by atoms with Crippen LogP contribution in [0.2, 0.25) is 0 Å². The van der Waals surface area contributed by atoms with Gasteiger partial charge in [0.25, 0.3) is 6.43 Å². The molecular weight excluding hydrogens is 522 g/mol. The minimum absolute atomic E-state index is 0.0231. The molecule has 4 heterocycles. The average Bonchev–Trinajstić information content (AvgIpc) is 3.33. The summed E-state index contributed by atoms with van der Waals surface area (Å²) >= 11 is 0. The largest absolute Gasteiger partial charge is 0.494 e.